The molecule has 118 valence electrons. The van der Waals surface area contributed by atoms with Crippen molar-refractivity contribution < 1.29 is 0 Å². The average Bonchev–Trinajstić information content (AvgIpc) is 3.27. The van der Waals surface area contributed by atoms with Gasteiger partial charge in [-0.05, 0) is 24.3 Å². The standard InChI is InChI=1S/C19H15N3OS/c1-22-14-7-6-11(18-20-8-9-21-18)10-13(14)16-12-4-2-3-5-15(12)24-17(16)19(22)23/h2-7,10H,8-9H2,1H3,(H,20,21). The van der Waals surface area contributed by atoms with Crippen molar-refractivity contribution in [1.82, 2.24) is 9.88 Å². The highest BCUT2D eigenvalue weighted by Crippen LogP contribution is 2.36. The zero-order valence-corrected chi connectivity index (χ0v) is 14.0. The van der Waals surface area contributed by atoms with Crippen LogP contribution in [0.25, 0.3) is 31.1 Å². The molecule has 1 aliphatic heterocycles. The number of rotatable bonds is 1. The van der Waals surface area contributed by atoms with Crippen LogP contribution in [0, 0.1) is 0 Å². The summed E-state index contributed by atoms with van der Waals surface area (Å²) in [5.74, 6) is 0.943. The van der Waals surface area contributed by atoms with Gasteiger partial charge in [0, 0.05) is 40.0 Å². The van der Waals surface area contributed by atoms with E-state index in [1.165, 1.54) is 0 Å². The molecule has 4 aromatic rings. The molecule has 5 rings (SSSR count). The molecule has 0 saturated carbocycles. The largest absolute Gasteiger partial charge is 0.368 e. The van der Waals surface area contributed by atoms with Gasteiger partial charge in [0.2, 0.25) is 0 Å². The van der Waals surface area contributed by atoms with Crippen LogP contribution in [0.4, 0.5) is 0 Å². The number of benzene rings is 2. The molecular weight excluding hydrogens is 318 g/mol. The summed E-state index contributed by atoms with van der Waals surface area (Å²) in [5.41, 5.74) is 2.11. The van der Waals surface area contributed by atoms with Crippen molar-refractivity contribution in [2.45, 2.75) is 0 Å². The summed E-state index contributed by atoms with van der Waals surface area (Å²) >= 11 is 1.58. The normalized spacial score (nSPS) is 14.5. The van der Waals surface area contributed by atoms with Crippen LogP contribution in [0.3, 0.4) is 0 Å². The lowest BCUT2D eigenvalue weighted by atomic mass is 10.0. The van der Waals surface area contributed by atoms with Gasteiger partial charge in [-0.1, -0.05) is 18.2 Å². The SMILES string of the molecule is Cn1c(=O)c2sc3ccccc3c2c2cc(C3=NCCN3)ccc21. The molecule has 1 aliphatic rings. The topological polar surface area (TPSA) is 46.4 Å². The molecule has 0 fully saturated rings. The third-order valence-corrected chi connectivity index (χ3v) is 5.83. The van der Waals surface area contributed by atoms with E-state index < -0.39 is 0 Å². The highest BCUT2D eigenvalue weighted by atomic mass is 32.1. The van der Waals surface area contributed by atoms with Crippen molar-refractivity contribution in [2.24, 2.45) is 12.0 Å². The monoisotopic (exact) mass is 333 g/mol. The number of aryl methyl sites for hydroxylation is 1. The first-order valence-electron chi connectivity index (χ1n) is 7.97. The van der Waals surface area contributed by atoms with Crippen molar-refractivity contribution in [3.63, 3.8) is 0 Å². The van der Waals surface area contributed by atoms with Crippen molar-refractivity contribution in [2.75, 3.05) is 13.1 Å². The van der Waals surface area contributed by atoms with Gasteiger partial charge in [-0.25, -0.2) is 0 Å². The number of nitrogens with zero attached hydrogens (tertiary/aromatic N) is 2. The van der Waals surface area contributed by atoms with Gasteiger partial charge in [0.1, 0.15) is 10.5 Å². The Labute approximate surface area is 142 Å². The fraction of sp³-hybridized carbons (Fsp3) is 0.158. The van der Waals surface area contributed by atoms with Crippen LogP contribution < -0.4 is 10.9 Å². The fourth-order valence-corrected chi connectivity index (χ4v) is 4.69. The molecule has 0 atom stereocenters. The zero-order valence-electron chi connectivity index (χ0n) is 13.2. The van der Waals surface area contributed by atoms with E-state index in [1.807, 2.05) is 31.3 Å². The molecule has 0 spiro atoms. The summed E-state index contributed by atoms with van der Waals surface area (Å²) < 4.78 is 3.73. The molecule has 0 unspecified atom stereocenters. The van der Waals surface area contributed by atoms with Crippen LogP contribution in [0.5, 0.6) is 0 Å². The molecule has 2 aromatic carbocycles. The van der Waals surface area contributed by atoms with Crippen LogP contribution in [0.1, 0.15) is 5.56 Å². The number of hydrogen-bond acceptors (Lipinski definition) is 4. The van der Waals surface area contributed by atoms with Gasteiger partial charge in [0.25, 0.3) is 5.56 Å². The second kappa shape index (κ2) is 4.92. The summed E-state index contributed by atoms with van der Waals surface area (Å²) in [7, 11) is 1.85. The predicted molar refractivity (Wildman–Crippen MR) is 101 cm³/mol. The maximum atomic E-state index is 12.8. The molecule has 2 aromatic heterocycles. The average molecular weight is 333 g/mol. The van der Waals surface area contributed by atoms with Crippen LogP contribution >= 0.6 is 11.3 Å². The summed E-state index contributed by atoms with van der Waals surface area (Å²) in [6.07, 6.45) is 0. The second-order valence-corrected chi connectivity index (χ2v) is 7.11. The van der Waals surface area contributed by atoms with Crippen LogP contribution in [0.2, 0.25) is 0 Å². The van der Waals surface area contributed by atoms with Crippen LogP contribution in [-0.4, -0.2) is 23.5 Å². The van der Waals surface area contributed by atoms with E-state index in [1.54, 1.807) is 15.9 Å². The molecule has 0 saturated heterocycles. The molecule has 24 heavy (non-hydrogen) atoms. The van der Waals surface area contributed by atoms with Gasteiger partial charge in [0.15, 0.2) is 0 Å². The first-order chi connectivity index (χ1) is 11.7. The minimum Gasteiger partial charge on any atom is -0.368 e. The maximum absolute atomic E-state index is 12.8. The van der Waals surface area contributed by atoms with Gasteiger partial charge in [-0.15, -0.1) is 11.3 Å². The molecule has 1 N–H and O–H groups in total. The molecule has 0 amide bonds. The zero-order chi connectivity index (χ0) is 16.3. The third kappa shape index (κ3) is 1.79. The van der Waals surface area contributed by atoms with E-state index in [-0.39, 0.29) is 5.56 Å². The Bertz CT molecular complexity index is 1220. The number of hydrogen-bond donors (Lipinski definition) is 1. The van der Waals surface area contributed by atoms with Gasteiger partial charge in [-0.2, -0.15) is 0 Å². The van der Waals surface area contributed by atoms with Gasteiger partial charge >= 0.3 is 0 Å². The minimum absolute atomic E-state index is 0.0720. The highest BCUT2D eigenvalue weighted by molar-refractivity contribution is 7.26. The summed E-state index contributed by atoms with van der Waals surface area (Å²) in [4.78, 5) is 17.3. The number of amidine groups is 1. The molecule has 0 aliphatic carbocycles. The first-order valence-corrected chi connectivity index (χ1v) is 8.78. The predicted octanol–water partition coefficient (Wildman–Crippen LogP) is 3.26. The minimum atomic E-state index is 0.0720. The molecule has 0 radical (unpaired) electrons. The van der Waals surface area contributed by atoms with Crippen molar-refractivity contribution >= 4 is 48.2 Å². The third-order valence-electron chi connectivity index (χ3n) is 4.67. The molecular formula is C19H15N3OS. The molecule has 5 heteroatoms. The quantitative estimate of drug-likeness (QED) is 0.581. The Kier molecular flexibility index (Phi) is 2.82. The van der Waals surface area contributed by atoms with Crippen LogP contribution in [-0.2, 0) is 7.05 Å². The number of aromatic nitrogens is 1. The van der Waals surface area contributed by atoms with E-state index in [4.69, 9.17) is 0 Å². The van der Waals surface area contributed by atoms with Gasteiger partial charge in [0.05, 0.1) is 12.1 Å². The lowest BCUT2D eigenvalue weighted by Crippen LogP contribution is -2.20. The highest BCUT2D eigenvalue weighted by Gasteiger charge is 2.16. The number of thiophene rings is 1. The number of nitrogens with one attached hydrogen (secondary N) is 1. The Balaban J connectivity index is 1.99. The fourth-order valence-electron chi connectivity index (χ4n) is 3.49. The van der Waals surface area contributed by atoms with Gasteiger partial charge < -0.3 is 9.88 Å². The Hall–Kier alpha value is -2.66. The Morgan fingerprint density at radius 1 is 1.17 bits per heavy atom. The Morgan fingerprint density at radius 3 is 2.88 bits per heavy atom. The summed E-state index contributed by atoms with van der Waals surface area (Å²) in [5, 5.41) is 6.65. The maximum Gasteiger partial charge on any atom is 0.268 e. The number of aliphatic imine (C=N–C) groups is 1. The van der Waals surface area contributed by atoms with E-state index >= 15 is 0 Å². The van der Waals surface area contributed by atoms with Crippen LogP contribution in [0.15, 0.2) is 52.3 Å². The second-order valence-electron chi connectivity index (χ2n) is 6.06. The summed E-state index contributed by atoms with van der Waals surface area (Å²) in [6, 6.07) is 14.5. The number of fused-ring (bicyclic) bond motifs is 5. The number of pyridine rings is 1. The van der Waals surface area contributed by atoms with Crippen molar-refractivity contribution in [3.8, 4) is 0 Å². The Morgan fingerprint density at radius 2 is 2.04 bits per heavy atom. The lowest BCUT2D eigenvalue weighted by molar-refractivity contribution is 0.920. The van der Waals surface area contributed by atoms with Gasteiger partial charge in [-0.3, -0.25) is 9.79 Å². The molecule has 3 heterocycles. The van der Waals surface area contributed by atoms with Crippen molar-refractivity contribution in [3.05, 3.63) is 58.4 Å². The van der Waals surface area contributed by atoms with Crippen molar-refractivity contribution in [1.29, 1.82) is 0 Å². The molecule has 0 bridgehead atoms. The van der Waals surface area contributed by atoms with E-state index in [0.29, 0.717) is 0 Å². The summed E-state index contributed by atoms with van der Waals surface area (Å²) in [6.45, 7) is 1.70. The van der Waals surface area contributed by atoms with E-state index in [0.717, 1.165) is 55.6 Å². The van der Waals surface area contributed by atoms with E-state index in [2.05, 4.69) is 28.5 Å². The smallest absolute Gasteiger partial charge is 0.268 e. The molecule has 4 nitrogen and oxygen atoms in total. The van der Waals surface area contributed by atoms with E-state index in [9.17, 15) is 4.79 Å². The lowest BCUT2D eigenvalue weighted by Gasteiger charge is -2.09. The first kappa shape index (κ1) is 13.7.